The molecule has 1 atom stereocenters. The van der Waals surface area contributed by atoms with E-state index in [0.717, 1.165) is 18.8 Å². The maximum Gasteiger partial charge on any atom is -0.0265 e. The predicted molar refractivity (Wildman–Crippen MR) is 48.0 cm³/mol. The van der Waals surface area contributed by atoms with E-state index < -0.39 is 0 Å². The number of rotatable bonds is 5. The predicted octanol–water partition coefficient (Wildman–Crippen LogP) is 3.55. The summed E-state index contributed by atoms with van der Waals surface area (Å²) >= 11 is 0. The molecule has 0 N–H and O–H groups in total. The molecular formula is C10H18. The largest absolute Gasteiger partial charge is 0.103 e. The summed E-state index contributed by atoms with van der Waals surface area (Å²) in [5, 5.41) is 0. The second-order valence-corrected chi connectivity index (χ2v) is 2.68. The molecule has 0 fully saturated rings. The van der Waals surface area contributed by atoms with Gasteiger partial charge in [0.2, 0.25) is 0 Å². The Labute approximate surface area is 64.6 Å². The van der Waals surface area contributed by atoms with Crippen LogP contribution in [0.4, 0.5) is 0 Å². The molecule has 0 aromatic rings. The first-order chi connectivity index (χ1) is 4.81. The van der Waals surface area contributed by atoms with Gasteiger partial charge in [-0.25, -0.2) is 0 Å². The molecule has 0 aliphatic rings. The zero-order chi connectivity index (χ0) is 7.82. The van der Waals surface area contributed by atoms with Gasteiger partial charge < -0.3 is 0 Å². The van der Waals surface area contributed by atoms with Crippen molar-refractivity contribution in [1.82, 2.24) is 0 Å². The van der Waals surface area contributed by atoms with Crippen LogP contribution in [0.25, 0.3) is 0 Å². The first kappa shape index (κ1) is 9.48. The number of hydrogen-bond donors (Lipinski definition) is 0. The molecule has 0 aromatic heterocycles. The van der Waals surface area contributed by atoms with Gasteiger partial charge in [0.1, 0.15) is 0 Å². The second-order valence-electron chi connectivity index (χ2n) is 2.68. The Balaban J connectivity index is 3.26. The van der Waals surface area contributed by atoms with Crippen LogP contribution in [-0.2, 0) is 0 Å². The molecule has 0 bridgehead atoms. The number of unbranched alkanes of at least 4 members (excludes halogenated alkanes) is 1. The highest BCUT2D eigenvalue weighted by molar-refractivity contribution is 4.87. The van der Waals surface area contributed by atoms with E-state index in [4.69, 9.17) is 0 Å². The summed E-state index contributed by atoms with van der Waals surface area (Å²) in [6.45, 7) is 8.11. The van der Waals surface area contributed by atoms with Crippen molar-refractivity contribution < 1.29 is 0 Å². The fraction of sp³-hybridized carbons (Fsp3) is 0.600. The third-order valence-electron chi connectivity index (χ3n) is 1.65. The standard InChI is InChI=1S/C10H18/c1-4-6-7-8-9-10(3)5-2/h4,8-10H,1,5-7H2,2-3H3. The molecule has 0 nitrogen and oxygen atoms in total. The first-order valence-electron chi connectivity index (χ1n) is 4.08. The summed E-state index contributed by atoms with van der Waals surface area (Å²) in [5.41, 5.74) is 0. The normalized spacial score (nSPS) is 13.8. The highest BCUT2D eigenvalue weighted by atomic mass is 13.9. The molecule has 0 heterocycles. The molecule has 0 aliphatic carbocycles. The summed E-state index contributed by atoms with van der Waals surface area (Å²) < 4.78 is 0. The molecule has 0 radical (unpaired) electrons. The van der Waals surface area contributed by atoms with Gasteiger partial charge in [-0.2, -0.15) is 0 Å². The van der Waals surface area contributed by atoms with E-state index in [1.54, 1.807) is 0 Å². The van der Waals surface area contributed by atoms with E-state index in [1.165, 1.54) is 6.42 Å². The molecule has 0 amide bonds. The third kappa shape index (κ3) is 5.61. The van der Waals surface area contributed by atoms with Gasteiger partial charge >= 0.3 is 0 Å². The van der Waals surface area contributed by atoms with Gasteiger partial charge in [-0.05, 0) is 18.8 Å². The van der Waals surface area contributed by atoms with E-state index in [1.807, 2.05) is 6.08 Å². The van der Waals surface area contributed by atoms with Crippen molar-refractivity contribution in [2.75, 3.05) is 0 Å². The van der Waals surface area contributed by atoms with Crippen LogP contribution in [0.15, 0.2) is 24.8 Å². The average Bonchev–Trinajstić information content (AvgIpc) is 1.98. The van der Waals surface area contributed by atoms with Gasteiger partial charge in [0.15, 0.2) is 0 Å². The molecule has 0 heteroatoms. The minimum Gasteiger partial charge on any atom is -0.103 e. The van der Waals surface area contributed by atoms with E-state index in [-0.39, 0.29) is 0 Å². The van der Waals surface area contributed by atoms with Crippen molar-refractivity contribution in [1.29, 1.82) is 0 Å². The number of allylic oxidation sites excluding steroid dienone is 3. The SMILES string of the molecule is C=CCCC=CC(C)CC. The maximum atomic E-state index is 3.66. The second kappa shape index (κ2) is 6.60. The van der Waals surface area contributed by atoms with Crippen LogP contribution in [0.5, 0.6) is 0 Å². The Bertz CT molecular complexity index is 101. The highest BCUT2D eigenvalue weighted by Gasteiger charge is 1.88. The fourth-order valence-electron chi connectivity index (χ4n) is 0.679. The van der Waals surface area contributed by atoms with Gasteiger partial charge in [-0.1, -0.05) is 38.5 Å². The van der Waals surface area contributed by atoms with E-state index >= 15 is 0 Å². The van der Waals surface area contributed by atoms with Crippen LogP contribution in [0.2, 0.25) is 0 Å². The Morgan fingerprint density at radius 3 is 2.60 bits per heavy atom. The lowest BCUT2D eigenvalue weighted by Crippen LogP contribution is -1.83. The lowest BCUT2D eigenvalue weighted by molar-refractivity contribution is 0.695. The minimum atomic E-state index is 0.741. The quantitative estimate of drug-likeness (QED) is 0.402. The maximum absolute atomic E-state index is 3.66. The Kier molecular flexibility index (Phi) is 6.25. The van der Waals surface area contributed by atoms with Crippen LogP contribution in [0.3, 0.4) is 0 Å². The van der Waals surface area contributed by atoms with Crippen molar-refractivity contribution in [2.45, 2.75) is 33.1 Å². The van der Waals surface area contributed by atoms with Gasteiger partial charge in [-0.15, -0.1) is 6.58 Å². The Morgan fingerprint density at radius 1 is 1.40 bits per heavy atom. The van der Waals surface area contributed by atoms with Crippen LogP contribution in [-0.4, -0.2) is 0 Å². The molecule has 58 valence electrons. The lowest BCUT2D eigenvalue weighted by Gasteiger charge is -1.97. The molecule has 1 unspecified atom stereocenters. The van der Waals surface area contributed by atoms with Crippen LogP contribution < -0.4 is 0 Å². The van der Waals surface area contributed by atoms with Gasteiger partial charge in [0, 0.05) is 0 Å². The summed E-state index contributed by atoms with van der Waals surface area (Å²) in [6, 6.07) is 0. The van der Waals surface area contributed by atoms with Crippen LogP contribution in [0.1, 0.15) is 33.1 Å². The van der Waals surface area contributed by atoms with Gasteiger partial charge in [-0.3, -0.25) is 0 Å². The fourth-order valence-corrected chi connectivity index (χ4v) is 0.679. The summed E-state index contributed by atoms with van der Waals surface area (Å²) in [5.74, 6) is 0.741. The molecule has 0 aliphatic heterocycles. The first-order valence-corrected chi connectivity index (χ1v) is 4.08. The zero-order valence-corrected chi connectivity index (χ0v) is 7.14. The van der Waals surface area contributed by atoms with Crippen LogP contribution in [0, 0.1) is 5.92 Å². The third-order valence-corrected chi connectivity index (χ3v) is 1.65. The Hall–Kier alpha value is -0.520. The topological polar surface area (TPSA) is 0 Å². The van der Waals surface area contributed by atoms with E-state index in [0.29, 0.717) is 0 Å². The van der Waals surface area contributed by atoms with E-state index in [2.05, 4.69) is 32.6 Å². The molecule has 0 spiro atoms. The average molecular weight is 138 g/mol. The van der Waals surface area contributed by atoms with Crippen molar-refractivity contribution in [3.8, 4) is 0 Å². The molecule has 0 aromatic carbocycles. The van der Waals surface area contributed by atoms with Crippen molar-refractivity contribution in [3.63, 3.8) is 0 Å². The molecule has 0 saturated heterocycles. The molecule has 10 heavy (non-hydrogen) atoms. The summed E-state index contributed by atoms with van der Waals surface area (Å²) in [7, 11) is 0. The smallest absolute Gasteiger partial charge is 0.0265 e. The van der Waals surface area contributed by atoms with Crippen molar-refractivity contribution >= 4 is 0 Å². The summed E-state index contributed by atoms with van der Waals surface area (Å²) in [4.78, 5) is 0. The molecule has 0 saturated carbocycles. The zero-order valence-electron chi connectivity index (χ0n) is 7.14. The lowest BCUT2D eigenvalue weighted by atomic mass is 10.1. The van der Waals surface area contributed by atoms with Gasteiger partial charge in [0.25, 0.3) is 0 Å². The monoisotopic (exact) mass is 138 g/mol. The van der Waals surface area contributed by atoms with Crippen molar-refractivity contribution in [2.24, 2.45) is 5.92 Å². The van der Waals surface area contributed by atoms with E-state index in [9.17, 15) is 0 Å². The Morgan fingerprint density at radius 2 is 2.10 bits per heavy atom. The minimum absolute atomic E-state index is 0.741. The summed E-state index contributed by atoms with van der Waals surface area (Å²) in [6.07, 6.45) is 9.98. The number of hydrogen-bond acceptors (Lipinski definition) is 0. The van der Waals surface area contributed by atoms with Gasteiger partial charge in [0.05, 0.1) is 0 Å². The molecule has 0 rings (SSSR count). The van der Waals surface area contributed by atoms with Crippen molar-refractivity contribution in [3.05, 3.63) is 24.8 Å². The van der Waals surface area contributed by atoms with Crippen LogP contribution >= 0.6 is 0 Å². The highest BCUT2D eigenvalue weighted by Crippen LogP contribution is 2.03. The molecular weight excluding hydrogens is 120 g/mol.